The highest BCUT2D eigenvalue weighted by Gasteiger charge is 2.29. The first-order valence-electron chi connectivity index (χ1n) is 8.78. The van der Waals surface area contributed by atoms with Gasteiger partial charge in [-0.15, -0.1) is 0 Å². The fourth-order valence-electron chi connectivity index (χ4n) is 3.46. The van der Waals surface area contributed by atoms with Crippen LogP contribution in [0.3, 0.4) is 0 Å². The van der Waals surface area contributed by atoms with E-state index < -0.39 is 11.6 Å². The van der Waals surface area contributed by atoms with E-state index in [-0.39, 0.29) is 11.9 Å². The Morgan fingerprint density at radius 1 is 1.30 bits per heavy atom. The molecule has 1 aliphatic heterocycles. The normalized spacial score (nSPS) is 16.9. The van der Waals surface area contributed by atoms with E-state index in [0.717, 1.165) is 18.9 Å². The van der Waals surface area contributed by atoms with Gasteiger partial charge in [0.15, 0.2) is 5.65 Å². The monoisotopic (exact) mass is 372 g/mol. The zero-order valence-corrected chi connectivity index (χ0v) is 14.7. The maximum atomic E-state index is 13.6. The summed E-state index contributed by atoms with van der Waals surface area (Å²) in [5, 5.41) is 6.83. The molecule has 0 unspecified atom stereocenters. The van der Waals surface area contributed by atoms with Crippen molar-refractivity contribution in [1.82, 2.24) is 24.9 Å². The Labute approximate surface area is 154 Å². The van der Waals surface area contributed by atoms with Crippen molar-refractivity contribution < 1.29 is 13.6 Å². The van der Waals surface area contributed by atoms with Gasteiger partial charge in [0.05, 0.1) is 12.2 Å². The summed E-state index contributed by atoms with van der Waals surface area (Å²) in [7, 11) is 0. The third-order valence-corrected chi connectivity index (χ3v) is 4.62. The second kappa shape index (κ2) is 6.90. The number of carbonyl (C=O) groups is 1. The molecule has 3 heterocycles. The zero-order valence-electron chi connectivity index (χ0n) is 14.7. The van der Waals surface area contributed by atoms with E-state index in [1.54, 1.807) is 0 Å². The number of rotatable bonds is 4. The van der Waals surface area contributed by atoms with Crippen LogP contribution in [0.1, 0.15) is 41.7 Å². The molecular weight excluding hydrogens is 354 g/mol. The van der Waals surface area contributed by atoms with Gasteiger partial charge in [-0.3, -0.25) is 4.79 Å². The minimum Gasteiger partial charge on any atom is -0.352 e. The lowest BCUT2D eigenvalue weighted by Gasteiger charge is -2.25. The van der Waals surface area contributed by atoms with Gasteiger partial charge in [0.2, 0.25) is 5.95 Å². The van der Waals surface area contributed by atoms with Crippen molar-refractivity contribution in [2.45, 2.75) is 25.8 Å². The number of fused-ring (bicyclic) bond motifs is 1. The van der Waals surface area contributed by atoms with Gasteiger partial charge in [-0.05, 0) is 37.5 Å². The molecule has 1 atom stereocenters. The lowest BCUT2D eigenvalue weighted by molar-refractivity contribution is 0.0957. The van der Waals surface area contributed by atoms with Gasteiger partial charge in [-0.1, -0.05) is 0 Å². The van der Waals surface area contributed by atoms with Gasteiger partial charge in [0.25, 0.3) is 5.91 Å². The smallest absolute Gasteiger partial charge is 0.256 e. The molecule has 7 nitrogen and oxygen atoms in total. The molecule has 1 amide bonds. The molecule has 2 aromatic heterocycles. The molecule has 0 saturated carbocycles. The minimum absolute atomic E-state index is 0.228. The summed E-state index contributed by atoms with van der Waals surface area (Å²) in [4.78, 5) is 22.9. The van der Waals surface area contributed by atoms with Crippen molar-refractivity contribution in [3.05, 3.63) is 53.5 Å². The molecule has 0 bridgehead atoms. The third-order valence-electron chi connectivity index (χ3n) is 4.62. The molecule has 3 aromatic rings. The number of halogens is 2. The lowest BCUT2D eigenvalue weighted by Crippen LogP contribution is -2.26. The number of amides is 1. The van der Waals surface area contributed by atoms with E-state index in [1.807, 2.05) is 11.8 Å². The van der Waals surface area contributed by atoms with E-state index in [0.29, 0.717) is 35.8 Å². The van der Waals surface area contributed by atoms with Crippen molar-refractivity contribution in [3.8, 4) is 0 Å². The van der Waals surface area contributed by atoms with Crippen molar-refractivity contribution in [3.63, 3.8) is 0 Å². The molecule has 9 heteroatoms. The topological polar surface area (TPSA) is 75.4 Å². The van der Waals surface area contributed by atoms with Crippen LogP contribution in [0, 0.1) is 11.6 Å². The SMILES string of the molecule is CCNC(=O)c1cnn2cnc(N3CCC[C@@H]3c3cc(F)cc(F)c3)nc12. The molecule has 0 aliphatic carbocycles. The second-order valence-electron chi connectivity index (χ2n) is 6.40. The number of nitrogens with zero attached hydrogens (tertiary/aromatic N) is 5. The third kappa shape index (κ3) is 3.20. The van der Waals surface area contributed by atoms with E-state index in [4.69, 9.17) is 0 Å². The summed E-state index contributed by atoms with van der Waals surface area (Å²) in [6.07, 6.45) is 4.52. The maximum Gasteiger partial charge on any atom is 0.256 e. The number of carbonyl (C=O) groups excluding carboxylic acids is 1. The van der Waals surface area contributed by atoms with Crippen LogP contribution in [-0.2, 0) is 0 Å². The molecular formula is C18H18F2N6O. The molecule has 140 valence electrons. The van der Waals surface area contributed by atoms with Crippen LogP contribution >= 0.6 is 0 Å². The average Bonchev–Trinajstić information content (AvgIpc) is 3.27. The van der Waals surface area contributed by atoms with E-state index in [1.165, 1.54) is 29.2 Å². The predicted molar refractivity (Wildman–Crippen MR) is 94.5 cm³/mol. The summed E-state index contributed by atoms with van der Waals surface area (Å²) in [5.74, 6) is -1.08. The van der Waals surface area contributed by atoms with Crippen molar-refractivity contribution in [2.24, 2.45) is 0 Å². The molecule has 1 saturated heterocycles. The molecule has 0 radical (unpaired) electrons. The minimum atomic E-state index is -0.609. The van der Waals surface area contributed by atoms with Crippen LogP contribution in [0.5, 0.6) is 0 Å². The van der Waals surface area contributed by atoms with Crippen LogP contribution in [0.2, 0.25) is 0 Å². The summed E-state index contributed by atoms with van der Waals surface area (Å²) >= 11 is 0. The maximum absolute atomic E-state index is 13.6. The van der Waals surface area contributed by atoms with Crippen LogP contribution in [-0.4, -0.2) is 38.6 Å². The van der Waals surface area contributed by atoms with Crippen LogP contribution in [0.15, 0.2) is 30.7 Å². The standard InChI is InChI=1S/C18H18F2N6O/c1-2-21-17(27)14-9-23-26-10-22-18(24-16(14)26)25-5-3-4-15(25)11-6-12(19)8-13(20)7-11/h6-10,15H,2-5H2,1H3,(H,21,27)/t15-/m1/s1. The number of nitrogens with one attached hydrogen (secondary N) is 1. The van der Waals surface area contributed by atoms with Gasteiger partial charge in [0, 0.05) is 19.2 Å². The predicted octanol–water partition coefficient (Wildman–Crippen LogP) is 2.49. The quantitative estimate of drug-likeness (QED) is 0.762. The Morgan fingerprint density at radius 2 is 2.07 bits per heavy atom. The Balaban J connectivity index is 1.72. The first-order chi connectivity index (χ1) is 13.1. The number of hydrogen-bond donors (Lipinski definition) is 1. The average molecular weight is 372 g/mol. The summed E-state index contributed by atoms with van der Waals surface area (Å²) < 4.78 is 28.7. The Hall–Kier alpha value is -3.10. The molecule has 1 aliphatic rings. The van der Waals surface area contributed by atoms with E-state index >= 15 is 0 Å². The lowest BCUT2D eigenvalue weighted by atomic mass is 10.0. The summed E-state index contributed by atoms with van der Waals surface area (Å²) in [6, 6.07) is 3.30. The summed E-state index contributed by atoms with van der Waals surface area (Å²) in [6.45, 7) is 2.98. The Bertz CT molecular complexity index is 984. The molecule has 1 N–H and O–H groups in total. The van der Waals surface area contributed by atoms with E-state index in [2.05, 4.69) is 20.4 Å². The fourth-order valence-corrected chi connectivity index (χ4v) is 3.46. The molecule has 4 rings (SSSR count). The van der Waals surface area contributed by atoms with Crippen LogP contribution < -0.4 is 10.2 Å². The molecule has 1 aromatic carbocycles. The first kappa shape index (κ1) is 17.3. The zero-order chi connectivity index (χ0) is 19.0. The van der Waals surface area contributed by atoms with Crippen molar-refractivity contribution in [1.29, 1.82) is 0 Å². The highest BCUT2D eigenvalue weighted by Crippen LogP contribution is 2.35. The molecule has 0 spiro atoms. The first-order valence-corrected chi connectivity index (χ1v) is 8.78. The van der Waals surface area contributed by atoms with E-state index in [9.17, 15) is 13.6 Å². The summed E-state index contributed by atoms with van der Waals surface area (Å²) in [5.41, 5.74) is 1.29. The Morgan fingerprint density at radius 3 is 2.81 bits per heavy atom. The van der Waals surface area contributed by atoms with Gasteiger partial charge in [-0.2, -0.15) is 10.1 Å². The van der Waals surface area contributed by atoms with Gasteiger partial charge in [0.1, 0.15) is 23.5 Å². The van der Waals surface area contributed by atoms with Gasteiger partial charge >= 0.3 is 0 Å². The van der Waals surface area contributed by atoms with Crippen molar-refractivity contribution in [2.75, 3.05) is 18.0 Å². The van der Waals surface area contributed by atoms with Crippen molar-refractivity contribution >= 4 is 17.5 Å². The van der Waals surface area contributed by atoms with Gasteiger partial charge in [-0.25, -0.2) is 18.3 Å². The fraction of sp³-hybridized carbons (Fsp3) is 0.333. The highest BCUT2D eigenvalue weighted by atomic mass is 19.1. The molecule has 1 fully saturated rings. The van der Waals surface area contributed by atoms with Crippen LogP contribution in [0.25, 0.3) is 5.65 Å². The number of anilines is 1. The van der Waals surface area contributed by atoms with Gasteiger partial charge < -0.3 is 10.2 Å². The van der Waals surface area contributed by atoms with Crippen LogP contribution in [0.4, 0.5) is 14.7 Å². The Kier molecular flexibility index (Phi) is 4.43. The highest BCUT2D eigenvalue weighted by molar-refractivity contribution is 5.99. The number of benzene rings is 1. The second-order valence-corrected chi connectivity index (χ2v) is 6.40. The largest absolute Gasteiger partial charge is 0.352 e. The molecule has 27 heavy (non-hydrogen) atoms. The number of hydrogen-bond acceptors (Lipinski definition) is 5. The number of aromatic nitrogens is 4.